The topological polar surface area (TPSA) is 96.2 Å². The van der Waals surface area contributed by atoms with Gasteiger partial charge in [0.05, 0.1) is 11.9 Å². The van der Waals surface area contributed by atoms with E-state index >= 15 is 0 Å². The van der Waals surface area contributed by atoms with E-state index in [9.17, 15) is 4.79 Å². The van der Waals surface area contributed by atoms with Gasteiger partial charge in [-0.25, -0.2) is 9.78 Å². The van der Waals surface area contributed by atoms with E-state index < -0.39 is 0 Å². The number of aryl methyl sites for hydroxylation is 1. The molecule has 1 atom stereocenters. The number of amides is 2. The number of hydrogen-bond donors (Lipinski definition) is 2. The van der Waals surface area contributed by atoms with E-state index in [2.05, 4.69) is 54.9 Å². The monoisotopic (exact) mass is 406 g/mol. The summed E-state index contributed by atoms with van der Waals surface area (Å²) in [5.74, 6) is 0.915. The van der Waals surface area contributed by atoms with Gasteiger partial charge in [-0.2, -0.15) is 4.98 Å². The van der Waals surface area contributed by atoms with Crippen molar-refractivity contribution in [3.8, 4) is 11.6 Å². The quantitative estimate of drug-likeness (QED) is 0.672. The molecule has 1 aliphatic rings. The molecular formula is C22H26N6O2. The van der Waals surface area contributed by atoms with Crippen LogP contribution in [0.1, 0.15) is 30.7 Å². The summed E-state index contributed by atoms with van der Waals surface area (Å²) in [7, 11) is 0. The van der Waals surface area contributed by atoms with Crippen molar-refractivity contribution in [2.24, 2.45) is 0 Å². The van der Waals surface area contributed by atoms with E-state index in [1.807, 2.05) is 6.07 Å². The first-order valence-corrected chi connectivity index (χ1v) is 10.3. The van der Waals surface area contributed by atoms with Crippen LogP contribution >= 0.6 is 0 Å². The summed E-state index contributed by atoms with van der Waals surface area (Å²) in [4.78, 5) is 23.4. The van der Waals surface area contributed by atoms with Crippen LogP contribution in [0.3, 0.4) is 0 Å². The maximum Gasteiger partial charge on any atom is 0.319 e. The van der Waals surface area contributed by atoms with Crippen LogP contribution in [0.4, 0.5) is 10.5 Å². The highest BCUT2D eigenvalue weighted by Crippen LogP contribution is 2.17. The number of nitrogens with one attached hydrogen (secondary N) is 2. The minimum Gasteiger partial charge on any atom is -0.334 e. The Balaban J connectivity index is 1.31. The third-order valence-electron chi connectivity index (χ3n) is 5.11. The number of carbonyl (C=O) groups is 1. The zero-order chi connectivity index (χ0) is 20.8. The van der Waals surface area contributed by atoms with Gasteiger partial charge in [0.1, 0.15) is 5.69 Å². The average molecular weight is 406 g/mol. The molecule has 8 heteroatoms. The lowest BCUT2D eigenvalue weighted by Gasteiger charge is -2.25. The van der Waals surface area contributed by atoms with Crippen molar-refractivity contribution < 1.29 is 9.32 Å². The first-order valence-electron chi connectivity index (χ1n) is 10.3. The van der Waals surface area contributed by atoms with Crippen molar-refractivity contribution in [1.29, 1.82) is 0 Å². The summed E-state index contributed by atoms with van der Waals surface area (Å²) < 4.78 is 5.11. The van der Waals surface area contributed by atoms with Crippen molar-refractivity contribution in [1.82, 2.24) is 25.3 Å². The van der Waals surface area contributed by atoms with E-state index in [0.717, 1.165) is 38.9 Å². The summed E-state index contributed by atoms with van der Waals surface area (Å²) in [6, 6.07) is 13.9. The number of benzene rings is 1. The number of anilines is 1. The van der Waals surface area contributed by atoms with Crippen LogP contribution < -0.4 is 10.6 Å². The number of pyridine rings is 1. The lowest BCUT2D eigenvalue weighted by atomic mass is 10.1. The van der Waals surface area contributed by atoms with Crippen molar-refractivity contribution in [2.45, 2.75) is 38.8 Å². The summed E-state index contributed by atoms with van der Waals surface area (Å²) in [5, 5.41) is 9.73. The maximum absolute atomic E-state index is 12.5. The van der Waals surface area contributed by atoms with Gasteiger partial charge in [0.2, 0.25) is 0 Å². The van der Waals surface area contributed by atoms with Gasteiger partial charge in [-0.15, -0.1) is 0 Å². The van der Waals surface area contributed by atoms with Gasteiger partial charge in [0.15, 0.2) is 5.82 Å². The number of nitrogens with zero attached hydrogens (tertiary/aromatic N) is 4. The van der Waals surface area contributed by atoms with Crippen LogP contribution in [0, 0.1) is 6.92 Å². The third-order valence-corrected chi connectivity index (χ3v) is 5.11. The van der Waals surface area contributed by atoms with Gasteiger partial charge in [-0.05, 0) is 44.0 Å². The van der Waals surface area contributed by atoms with Gasteiger partial charge in [0.25, 0.3) is 5.89 Å². The molecule has 3 heterocycles. The minimum atomic E-state index is -0.218. The number of rotatable bonds is 5. The van der Waals surface area contributed by atoms with E-state index in [-0.39, 0.29) is 12.1 Å². The molecule has 3 aromatic rings. The number of hydrogen-bond acceptors (Lipinski definition) is 6. The van der Waals surface area contributed by atoms with Gasteiger partial charge >= 0.3 is 6.03 Å². The normalized spacial score (nSPS) is 17.3. The van der Waals surface area contributed by atoms with Gasteiger partial charge < -0.3 is 15.2 Å². The molecule has 0 saturated carbocycles. The van der Waals surface area contributed by atoms with E-state index in [1.165, 1.54) is 5.56 Å². The first kappa shape index (κ1) is 20.0. The molecule has 1 fully saturated rings. The molecule has 2 aromatic heterocycles. The molecule has 1 saturated heterocycles. The molecule has 0 bridgehead atoms. The summed E-state index contributed by atoms with van der Waals surface area (Å²) >= 11 is 0. The maximum atomic E-state index is 12.5. The fourth-order valence-corrected chi connectivity index (χ4v) is 3.67. The molecule has 0 aliphatic carbocycles. The zero-order valence-corrected chi connectivity index (χ0v) is 17.0. The fourth-order valence-electron chi connectivity index (χ4n) is 3.67. The SMILES string of the molecule is Cc1noc(-c2ccc(NC(=O)NC3CCCCN(Cc4ccccc4)C3)cn2)n1. The second kappa shape index (κ2) is 9.49. The number of likely N-dealkylation sites (tertiary alicyclic amines) is 1. The van der Waals surface area contributed by atoms with Crippen LogP contribution in [0.25, 0.3) is 11.6 Å². The summed E-state index contributed by atoms with van der Waals surface area (Å²) in [6.45, 7) is 4.55. The molecule has 2 N–H and O–H groups in total. The summed E-state index contributed by atoms with van der Waals surface area (Å²) in [5.41, 5.74) is 2.48. The molecule has 1 aliphatic heterocycles. The second-order valence-corrected chi connectivity index (χ2v) is 7.59. The Kier molecular flexibility index (Phi) is 6.34. The van der Waals surface area contributed by atoms with Crippen LogP contribution in [0.5, 0.6) is 0 Å². The minimum absolute atomic E-state index is 0.116. The lowest BCUT2D eigenvalue weighted by Crippen LogP contribution is -2.44. The Bertz CT molecular complexity index is 957. The molecule has 4 rings (SSSR count). The smallest absolute Gasteiger partial charge is 0.319 e. The van der Waals surface area contributed by atoms with Crippen LogP contribution in [-0.4, -0.2) is 45.2 Å². The molecule has 1 aromatic carbocycles. The van der Waals surface area contributed by atoms with E-state index in [4.69, 9.17) is 4.52 Å². The molecule has 8 nitrogen and oxygen atoms in total. The standard InChI is InChI=1S/C22H26N6O2/c1-16-24-21(30-27-16)20-11-10-18(13-23-20)25-22(29)26-19-9-5-6-12-28(15-19)14-17-7-3-2-4-8-17/h2-4,7-8,10-11,13,19H,5-6,9,12,14-15H2,1H3,(H2,25,26,29). The van der Waals surface area contributed by atoms with Crippen molar-refractivity contribution in [3.63, 3.8) is 0 Å². The molecule has 0 spiro atoms. The highest BCUT2D eigenvalue weighted by molar-refractivity contribution is 5.89. The Labute approximate surface area is 175 Å². The predicted octanol–water partition coefficient (Wildman–Crippen LogP) is 3.62. The largest absolute Gasteiger partial charge is 0.334 e. The van der Waals surface area contributed by atoms with Gasteiger partial charge in [0, 0.05) is 19.1 Å². The first-order chi connectivity index (χ1) is 14.7. The second-order valence-electron chi connectivity index (χ2n) is 7.59. The molecule has 1 unspecified atom stereocenters. The summed E-state index contributed by atoms with van der Waals surface area (Å²) in [6.07, 6.45) is 4.82. The predicted molar refractivity (Wildman–Crippen MR) is 114 cm³/mol. The third kappa shape index (κ3) is 5.42. The van der Waals surface area contributed by atoms with E-state index in [0.29, 0.717) is 23.1 Å². The van der Waals surface area contributed by atoms with Gasteiger partial charge in [-0.3, -0.25) is 4.90 Å². The number of urea groups is 1. The van der Waals surface area contributed by atoms with Crippen LogP contribution in [0.15, 0.2) is 53.2 Å². The zero-order valence-electron chi connectivity index (χ0n) is 17.0. The fraction of sp³-hybridized carbons (Fsp3) is 0.364. The lowest BCUT2D eigenvalue weighted by molar-refractivity contribution is 0.232. The molecule has 0 radical (unpaired) electrons. The number of carbonyl (C=O) groups excluding carboxylic acids is 1. The van der Waals surface area contributed by atoms with Crippen LogP contribution in [0.2, 0.25) is 0 Å². The van der Waals surface area contributed by atoms with Crippen molar-refractivity contribution >= 4 is 11.7 Å². The Hall–Kier alpha value is -3.26. The molecule has 156 valence electrons. The Morgan fingerprint density at radius 3 is 2.80 bits per heavy atom. The Morgan fingerprint density at radius 1 is 1.20 bits per heavy atom. The Morgan fingerprint density at radius 2 is 2.07 bits per heavy atom. The molecule has 30 heavy (non-hydrogen) atoms. The number of aromatic nitrogens is 3. The van der Waals surface area contributed by atoms with Crippen LogP contribution in [-0.2, 0) is 6.54 Å². The highest BCUT2D eigenvalue weighted by atomic mass is 16.5. The van der Waals surface area contributed by atoms with Gasteiger partial charge in [-0.1, -0.05) is 41.9 Å². The average Bonchev–Trinajstić information content (AvgIpc) is 3.06. The van der Waals surface area contributed by atoms with Crippen molar-refractivity contribution in [3.05, 3.63) is 60.0 Å². The molecular weight excluding hydrogens is 380 g/mol. The molecule has 2 amide bonds. The highest BCUT2D eigenvalue weighted by Gasteiger charge is 2.20. The van der Waals surface area contributed by atoms with Crippen molar-refractivity contribution in [2.75, 3.05) is 18.4 Å². The van der Waals surface area contributed by atoms with E-state index in [1.54, 1.807) is 25.3 Å².